The van der Waals surface area contributed by atoms with E-state index < -0.39 is 24.9 Å². The van der Waals surface area contributed by atoms with E-state index in [9.17, 15) is 35.1 Å². The van der Waals surface area contributed by atoms with Crippen molar-refractivity contribution in [2.24, 2.45) is 0 Å². The Kier molecular flexibility index (Phi) is 6.01. The highest BCUT2D eigenvalue weighted by Crippen LogP contribution is 2.32. The number of hydrogen-bond donors (Lipinski definition) is 0. The van der Waals surface area contributed by atoms with Gasteiger partial charge in [0.1, 0.15) is 0 Å². The van der Waals surface area contributed by atoms with Crippen LogP contribution in [0.5, 0.6) is 0 Å². The molecule has 0 aromatic carbocycles. The first-order valence-electron chi connectivity index (χ1n) is 2.78. The van der Waals surface area contributed by atoms with Crippen LogP contribution in [0.15, 0.2) is 0 Å². The van der Waals surface area contributed by atoms with Crippen LogP contribution >= 0.6 is 0 Å². The van der Waals surface area contributed by atoms with E-state index in [0.717, 1.165) is 0 Å². The molecule has 0 nitrogen and oxygen atoms in total. The zero-order chi connectivity index (χ0) is 11.3. The van der Waals surface area contributed by atoms with Crippen molar-refractivity contribution in [3.63, 3.8) is 0 Å². The Hall–Kier alpha value is -0.560. The lowest BCUT2D eigenvalue weighted by Crippen LogP contribution is -2.29. The summed E-state index contributed by atoms with van der Waals surface area (Å²) >= 11 is 0. The predicted molar refractivity (Wildman–Crippen MR) is 28.7 cm³/mol. The number of hydrogen-bond acceptors (Lipinski definition) is 0. The van der Waals surface area contributed by atoms with Crippen LogP contribution in [0.1, 0.15) is 6.42 Å². The summed E-state index contributed by atoms with van der Waals surface area (Å²) in [5, 5.41) is 0. The fraction of sp³-hybridized carbons (Fsp3) is 1.00. The van der Waals surface area contributed by atoms with E-state index in [1.54, 1.807) is 0 Å². The molecule has 0 fully saturated rings. The van der Waals surface area contributed by atoms with Gasteiger partial charge in [0.2, 0.25) is 6.17 Å². The van der Waals surface area contributed by atoms with Crippen molar-refractivity contribution in [3.05, 3.63) is 0 Å². The lowest BCUT2D eigenvalue weighted by atomic mass is 10.2. The van der Waals surface area contributed by atoms with E-state index in [0.29, 0.717) is 7.18 Å². The minimum Gasteiger partial charge on any atom is -0.255 e. The van der Waals surface area contributed by atoms with Crippen LogP contribution in [0, 0.1) is 0 Å². The third-order valence-electron chi connectivity index (χ3n) is 0.766. The summed E-state index contributed by atoms with van der Waals surface area (Å²) in [6.45, 7) is 0. The second kappa shape index (κ2) is 5.23. The van der Waals surface area contributed by atoms with Gasteiger partial charge in [-0.3, -0.25) is 4.39 Å². The van der Waals surface area contributed by atoms with Gasteiger partial charge in [-0.1, -0.05) is 0 Å². The van der Waals surface area contributed by atoms with Crippen LogP contribution in [0.3, 0.4) is 0 Å². The molecule has 1 atom stereocenters. The van der Waals surface area contributed by atoms with Crippen molar-refractivity contribution in [1.82, 2.24) is 0 Å². The molecule has 0 aromatic rings. The van der Waals surface area contributed by atoms with Crippen LogP contribution in [0.25, 0.3) is 0 Å². The van der Waals surface area contributed by atoms with Gasteiger partial charge in [0.15, 0.2) is 0 Å². The first-order valence-corrected chi connectivity index (χ1v) is 2.78. The Morgan fingerprint density at radius 3 is 1.31 bits per heavy atom. The van der Waals surface area contributed by atoms with Crippen molar-refractivity contribution in [2.75, 3.05) is 7.18 Å². The lowest BCUT2D eigenvalue weighted by Gasteiger charge is -2.13. The summed E-state index contributed by atoms with van der Waals surface area (Å²) in [5.74, 6) is 0. The molecule has 0 heterocycles. The van der Waals surface area contributed by atoms with E-state index in [1.807, 2.05) is 0 Å². The summed E-state index contributed by atoms with van der Waals surface area (Å²) in [6.07, 6.45) is -16.8. The lowest BCUT2D eigenvalue weighted by molar-refractivity contribution is -0.222. The average molecular weight is 218 g/mol. The molecule has 0 N–H and O–H groups in total. The molecule has 0 aliphatic rings. The summed E-state index contributed by atoms with van der Waals surface area (Å²) in [4.78, 5) is 0. The van der Waals surface area contributed by atoms with Crippen LogP contribution in [-0.4, -0.2) is 25.7 Å². The van der Waals surface area contributed by atoms with E-state index >= 15 is 0 Å². The second-order valence-electron chi connectivity index (χ2n) is 1.83. The summed E-state index contributed by atoms with van der Waals surface area (Å²) < 4.78 is 87.7. The Labute approximate surface area is 68.5 Å². The van der Waals surface area contributed by atoms with E-state index in [4.69, 9.17) is 0 Å². The van der Waals surface area contributed by atoms with Gasteiger partial charge in [-0.2, -0.15) is 26.3 Å². The van der Waals surface area contributed by atoms with E-state index in [1.165, 1.54) is 0 Å². The smallest absolute Gasteiger partial charge is 0.255 e. The molecule has 0 aliphatic carbocycles. The van der Waals surface area contributed by atoms with Crippen LogP contribution in [0.4, 0.5) is 35.1 Å². The predicted octanol–water partition coefficient (Wildman–Crippen LogP) is 3.42. The number of alkyl halides is 8. The molecular weight excluding hydrogens is 212 g/mol. The highest BCUT2D eigenvalue weighted by Gasteiger charge is 2.46. The van der Waals surface area contributed by atoms with Gasteiger partial charge >= 0.3 is 12.4 Å². The Morgan fingerprint density at radius 2 is 1.23 bits per heavy atom. The topological polar surface area (TPSA) is 0 Å². The summed E-state index contributed by atoms with van der Waals surface area (Å²) in [6, 6.07) is 0. The zero-order valence-corrected chi connectivity index (χ0v) is 6.31. The Morgan fingerprint density at radius 1 is 0.923 bits per heavy atom. The average Bonchev–Trinajstić information content (AvgIpc) is 1.86. The molecule has 0 saturated heterocycles. The Balaban J connectivity index is 0. The maximum absolute atomic E-state index is 11.6. The summed E-state index contributed by atoms with van der Waals surface area (Å²) in [5.41, 5.74) is 0. The van der Waals surface area contributed by atoms with Crippen molar-refractivity contribution in [2.45, 2.75) is 24.9 Å². The zero-order valence-electron chi connectivity index (χ0n) is 6.31. The molecule has 0 saturated carbocycles. The van der Waals surface area contributed by atoms with Crippen molar-refractivity contribution >= 4 is 0 Å². The molecule has 0 spiro atoms. The van der Waals surface area contributed by atoms with Gasteiger partial charge in [-0.15, -0.1) is 0 Å². The first kappa shape index (κ1) is 14.9. The molecule has 82 valence electrons. The van der Waals surface area contributed by atoms with Crippen LogP contribution in [0.2, 0.25) is 0 Å². The molecule has 1 unspecified atom stereocenters. The normalized spacial score (nSPS) is 14.5. The fourth-order valence-corrected chi connectivity index (χ4v) is 0.319. The molecule has 0 aliphatic heterocycles. The van der Waals surface area contributed by atoms with Gasteiger partial charge in [-0.25, -0.2) is 4.39 Å². The third kappa shape index (κ3) is 9.35. The molecule has 0 aromatic heterocycles. The molecular formula is C5H6F8. The van der Waals surface area contributed by atoms with Crippen LogP contribution < -0.4 is 0 Å². The maximum Gasteiger partial charge on any atom is 0.419 e. The largest absolute Gasteiger partial charge is 0.419 e. The number of rotatable bonds is 1. The molecule has 0 amide bonds. The van der Waals surface area contributed by atoms with Gasteiger partial charge in [-0.05, 0) is 0 Å². The summed E-state index contributed by atoms with van der Waals surface area (Å²) in [7, 11) is 0.500. The molecule has 0 bridgehead atoms. The molecule has 0 radical (unpaired) electrons. The SMILES string of the molecule is CF.FC(CC(F)(F)F)C(F)(F)F. The van der Waals surface area contributed by atoms with Crippen molar-refractivity contribution < 1.29 is 35.1 Å². The minimum atomic E-state index is -5.42. The van der Waals surface area contributed by atoms with Gasteiger partial charge < -0.3 is 0 Å². The maximum atomic E-state index is 11.6. The van der Waals surface area contributed by atoms with Crippen LogP contribution in [-0.2, 0) is 0 Å². The highest BCUT2D eigenvalue weighted by molar-refractivity contribution is 4.69. The van der Waals surface area contributed by atoms with E-state index in [-0.39, 0.29) is 0 Å². The third-order valence-corrected chi connectivity index (χ3v) is 0.766. The quantitative estimate of drug-likeness (QED) is 0.591. The molecule has 0 rings (SSSR count). The molecule has 8 heteroatoms. The number of halogens is 8. The Bertz CT molecular complexity index is 121. The second-order valence-corrected chi connectivity index (χ2v) is 1.83. The van der Waals surface area contributed by atoms with Crippen molar-refractivity contribution in [1.29, 1.82) is 0 Å². The molecule has 13 heavy (non-hydrogen) atoms. The fourth-order valence-electron chi connectivity index (χ4n) is 0.319. The monoisotopic (exact) mass is 218 g/mol. The highest BCUT2D eigenvalue weighted by atomic mass is 19.4. The standard InChI is InChI=1S/C4H3F7.CH3F/c5-2(4(9,10)11)1-3(6,7)8;1-2/h2H,1H2;1H3. The first-order chi connectivity index (χ1) is 5.63. The van der Waals surface area contributed by atoms with E-state index in [2.05, 4.69) is 0 Å². The van der Waals surface area contributed by atoms with Gasteiger partial charge in [0.25, 0.3) is 0 Å². The van der Waals surface area contributed by atoms with Gasteiger partial charge in [0.05, 0.1) is 13.6 Å². The van der Waals surface area contributed by atoms with Gasteiger partial charge in [0, 0.05) is 0 Å². The van der Waals surface area contributed by atoms with Crippen molar-refractivity contribution in [3.8, 4) is 0 Å². The minimum absolute atomic E-state index is 0.500.